The molecule has 0 aliphatic rings. The Morgan fingerprint density at radius 2 is 2.00 bits per heavy atom. The van der Waals surface area contributed by atoms with Crippen LogP contribution in [0.5, 0.6) is 0 Å². The number of hydrogen-bond donors (Lipinski definition) is 3. The topological polar surface area (TPSA) is 70.6 Å². The van der Waals surface area contributed by atoms with Crippen molar-refractivity contribution in [3.05, 3.63) is 35.1 Å². The molecule has 0 fully saturated rings. The first-order valence-corrected chi connectivity index (χ1v) is 5.86. The summed E-state index contributed by atoms with van der Waals surface area (Å²) in [4.78, 5) is 0. The molecule has 0 unspecified atom stereocenters. The fourth-order valence-electron chi connectivity index (χ4n) is 1.60. The number of benzene rings is 1. The fourth-order valence-corrected chi connectivity index (χ4v) is 1.60. The average Bonchev–Trinajstić information content (AvgIpc) is 2.35. The predicted molar refractivity (Wildman–Crippen MR) is 65.9 cm³/mol. The van der Waals surface area contributed by atoms with Crippen LogP contribution in [0.1, 0.15) is 24.0 Å². The third-order valence-electron chi connectivity index (χ3n) is 2.50. The van der Waals surface area contributed by atoms with Crippen LogP contribution >= 0.6 is 0 Å². The van der Waals surface area contributed by atoms with E-state index in [1.165, 1.54) is 12.1 Å². The summed E-state index contributed by atoms with van der Waals surface area (Å²) in [6.07, 6.45) is -5.08. The van der Waals surface area contributed by atoms with Gasteiger partial charge in [-0.05, 0) is 36.7 Å². The Balaban J connectivity index is 2.50. The number of halogens is 4. The quantitative estimate of drug-likeness (QED) is 0.188. The molecule has 0 aliphatic heterocycles. The van der Waals surface area contributed by atoms with E-state index in [0.717, 1.165) is 6.07 Å². The maximum Gasteiger partial charge on any atom is 0.389 e. The normalized spacial score (nSPS) is 12.7. The summed E-state index contributed by atoms with van der Waals surface area (Å²) in [5, 5.41) is 14.0. The summed E-state index contributed by atoms with van der Waals surface area (Å²) in [6, 6.07) is 3.82. The molecule has 0 saturated heterocycles. The first-order valence-electron chi connectivity index (χ1n) is 5.86. The van der Waals surface area contributed by atoms with Gasteiger partial charge in [-0.15, -0.1) is 0 Å². The van der Waals surface area contributed by atoms with E-state index in [4.69, 9.17) is 10.9 Å². The van der Waals surface area contributed by atoms with Gasteiger partial charge in [-0.2, -0.15) is 13.2 Å². The van der Waals surface area contributed by atoms with E-state index < -0.39 is 18.4 Å². The zero-order valence-electron chi connectivity index (χ0n) is 10.5. The Hall–Kier alpha value is -1.83. The number of amidine groups is 1. The first kappa shape index (κ1) is 16.2. The highest BCUT2D eigenvalue weighted by atomic mass is 19.4. The van der Waals surface area contributed by atoms with E-state index in [1.807, 2.05) is 0 Å². The summed E-state index contributed by atoms with van der Waals surface area (Å²) < 4.78 is 49.0. The minimum absolute atomic E-state index is 0.0497. The van der Waals surface area contributed by atoms with Crippen molar-refractivity contribution in [2.24, 2.45) is 10.9 Å². The lowest BCUT2D eigenvalue weighted by Gasteiger charge is -2.08. The molecule has 0 atom stereocenters. The van der Waals surface area contributed by atoms with Crippen LogP contribution in [0, 0.1) is 5.82 Å². The lowest BCUT2D eigenvalue weighted by Crippen LogP contribution is -2.19. The predicted octanol–water partition coefficient (Wildman–Crippen LogP) is 2.35. The third-order valence-corrected chi connectivity index (χ3v) is 2.50. The van der Waals surface area contributed by atoms with Crippen molar-refractivity contribution in [3.8, 4) is 0 Å². The summed E-state index contributed by atoms with van der Waals surface area (Å²) in [5.41, 5.74) is 6.05. The molecule has 0 bridgehead atoms. The third kappa shape index (κ3) is 5.87. The Kier molecular flexibility index (Phi) is 5.75. The summed E-state index contributed by atoms with van der Waals surface area (Å²) in [7, 11) is 0. The number of rotatable bonds is 6. The van der Waals surface area contributed by atoms with Crippen molar-refractivity contribution in [2.45, 2.75) is 25.6 Å². The minimum atomic E-state index is -4.17. The molecule has 1 rings (SSSR count). The number of nitrogens with one attached hydrogen (secondary N) is 1. The SMILES string of the molecule is N/C(=N/O)c1cc(F)cc(CNCCCC(F)(F)F)c1. The fraction of sp³-hybridized carbons (Fsp3) is 0.417. The molecule has 112 valence electrons. The minimum Gasteiger partial charge on any atom is -0.409 e. The smallest absolute Gasteiger partial charge is 0.389 e. The van der Waals surface area contributed by atoms with Crippen molar-refractivity contribution >= 4 is 5.84 Å². The monoisotopic (exact) mass is 293 g/mol. The average molecular weight is 293 g/mol. The summed E-state index contributed by atoms with van der Waals surface area (Å²) >= 11 is 0. The summed E-state index contributed by atoms with van der Waals surface area (Å²) in [5.74, 6) is -0.802. The van der Waals surface area contributed by atoms with E-state index in [9.17, 15) is 17.6 Å². The van der Waals surface area contributed by atoms with E-state index in [-0.39, 0.29) is 30.9 Å². The van der Waals surface area contributed by atoms with Gasteiger partial charge in [-0.3, -0.25) is 0 Å². The highest BCUT2D eigenvalue weighted by Crippen LogP contribution is 2.20. The van der Waals surface area contributed by atoms with Crippen LogP contribution in [0.3, 0.4) is 0 Å². The Morgan fingerprint density at radius 1 is 1.30 bits per heavy atom. The van der Waals surface area contributed by atoms with Crippen molar-refractivity contribution in [1.29, 1.82) is 0 Å². The van der Waals surface area contributed by atoms with Crippen LogP contribution in [-0.4, -0.2) is 23.8 Å². The van der Waals surface area contributed by atoms with Gasteiger partial charge in [-0.1, -0.05) is 5.16 Å². The lowest BCUT2D eigenvalue weighted by molar-refractivity contribution is -0.135. The maximum absolute atomic E-state index is 13.3. The number of nitrogens with two attached hydrogens (primary N) is 1. The largest absolute Gasteiger partial charge is 0.409 e. The summed E-state index contributed by atoms with van der Waals surface area (Å²) in [6.45, 7) is 0.357. The van der Waals surface area contributed by atoms with Crippen LogP contribution in [0.15, 0.2) is 23.4 Å². The molecule has 8 heteroatoms. The lowest BCUT2D eigenvalue weighted by atomic mass is 10.1. The van der Waals surface area contributed by atoms with Crippen molar-refractivity contribution in [3.63, 3.8) is 0 Å². The second-order valence-corrected chi connectivity index (χ2v) is 4.23. The Labute approximate surface area is 113 Å². The van der Waals surface area contributed by atoms with Gasteiger partial charge in [0.15, 0.2) is 5.84 Å². The van der Waals surface area contributed by atoms with Gasteiger partial charge in [0.05, 0.1) is 0 Å². The molecular formula is C12H15F4N3O. The van der Waals surface area contributed by atoms with Crippen LogP contribution in [-0.2, 0) is 6.54 Å². The molecular weight excluding hydrogens is 278 g/mol. The molecule has 20 heavy (non-hydrogen) atoms. The van der Waals surface area contributed by atoms with Crippen molar-refractivity contribution < 1.29 is 22.8 Å². The Morgan fingerprint density at radius 3 is 2.60 bits per heavy atom. The van der Waals surface area contributed by atoms with Gasteiger partial charge >= 0.3 is 6.18 Å². The Bertz CT molecular complexity index is 474. The van der Waals surface area contributed by atoms with Gasteiger partial charge in [0.1, 0.15) is 5.82 Å². The van der Waals surface area contributed by atoms with E-state index >= 15 is 0 Å². The highest BCUT2D eigenvalue weighted by molar-refractivity contribution is 5.97. The van der Waals surface area contributed by atoms with Gasteiger partial charge in [0, 0.05) is 18.5 Å². The maximum atomic E-state index is 13.3. The molecule has 0 heterocycles. The van der Waals surface area contributed by atoms with E-state index in [1.54, 1.807) is 0 Å². The number of alkyl halides is 3. The van der Waals surface area contributed by atoms with Gasteiger partial charge in [0.2, 0.25) is 0 Å². The molecule has 0 saturated carbocycles. The number of hydrogen-bond acceptors (Lipinski definition) is 3. The van der Waals surface area contributed by atoms with Crippen LogP contribution in [0.2, 0.25) is 0 Å². The van der Waals surface area contributed by atoms with Gasteiger partial charge in [-0.25, -0.2) is 4.39 Å². The second kappa shape index (κ2) is 7.09. The number of oxime groups is 1. The zero-order chi connectivity index (χ0) is 15.2. The molecule has 0 amide bonds. The second-order valence-electron chi connectivity index (χ2n) is 4.23. The standard InChI is InChI=1S/C12H15F4N3O/c13-10-5-8(4-9(6-10)11(17)19-20)7-18-3-1-2-12(14,15)16/h4-6,18,20H,1-3,7H2,(H2,17,19). The number of nitrogens with zero attached hydrogens (tertiary/aromatic N) is 1. The van der Waals surface area contributed by atoms with E-state index in [0.29, 0.717) is 5.56 Å². The molecule has 1 aromatic rings. The van der Waals surface area contributed by atoms with Crippen molar-refractivity contribution in [2.75, 3.05) is 6.54 Å². The van der Waals surface area contributed by atoms with Crippen LogP contribution in [0.25, 0.3) is 0 Å². The van der Waals surface area contributed by atoms with Gasteiger partial charge < -0.3 is 16.3 Å². The zero-order valence-corrected chi connectivity index (χ0v) is 10.5. The molecule has 4 N–H and O–H groups in total. The molecule has 0 aliphatic carbocycles. The molecule has 0 aromatic heterocycles. The molecule has 4 nitrogen and oxygen atoms in total. The van der Waals surface area contributed by atoms with Gasteiger partial charge in [0.25, 0.3) is 0 Å². The van der Waals surface area contributed by atoms with Crippen LogP contribution < -0.4 is 11.1 Å². The molecule has 0 spiro atoms. The highest BCUT2D eigenvalue weighted by Gasteiger charge is 2.25. The van der Waals surface area contributed by atoms with Crippen molar-refractivity contribution in [1.82, 2.24) is 5.32 Å². The van der Waals surface area contributed by atoms with Crippen LogP contribution in [0.4, 0.5) is 17.6 Å². The first-order chi connectivity index (χ1) is 9.31. The molecule has 0 radical (unpaired) electrons. The van der Waals surface area contributed by atoms with E-state index in [2.05, 4.69) is 10.5 Å². The molecule has 1 aromatic carbocycles.